The van der Waals surface area contributed by atoms with Crippen molar-refractivity contribution in [3.8, 4) is 0 Å². The zero-order chi connectivity index (χ0) is 65.4. The average Bonchev–Trinajstić information content (AvgIpc) is 3.71. The molecule has 0 aliphatic heterocycles. The molecule has 0 bridgehead atoms. The van der Waals surface area contributed by atoms with Crippen LogP contribution in [-0.4, -0.2) is 96.7 Å². The van der Waals surface area contributed by atoms with Gasteiger partial charge in [0.15, 0.2) is 12.2 Å². The van der Waals surface area contributed by atoms with Gasteiger partial charge >= 0.3 is 39.5 Å². The fraction of sp³-hybridized carbons (Fsp3) is 0.942. The van der Waals surface area contributed by atoms with Crippen LogP contribution in [-0.2, 0) is 65.4 Å². The average molecular weight is 1300 g/mol. The Morgan fingerprint density at radius 1 is 0.318 bits per heavy atom. The number of hydrogen-bond acceptors (Lipinski definition) is 15. The predicted molar refractivity (Wildman–Crippen MR) is 354 cm³/mol. The monoisotopic (exact) mass is 1300 g/mol. The molecule has 0 amide bonds. The summed E-state index contributed by atoms with van der Waals surface area (Å²) in [6.45, 7) is 14.1. The lowest BCUT2D eigenvalue weighted by molar-refractivity contribution is -0.161. The van der Waals surface area contributed by atoms with Gasteiger partial charge in [0.2, 0.25) is 0 Å². The van der Waals surface area contributed by atoms with E-state index in [1.165, 1.54) is 135 Å². The van der Waals surface area contributed by atoms with Gasteiger partial charge in [-0.3, -0.25) is 37.3 Å². The summed E-state index contributed by atoms with van der Waals surface area (Å²) in [7, 11) is -9.90. The van der Waals surface area contributed by atoms with E-state index >= 15 is 0 Å². The Morgan fingerprint density at radius 2 is 0.545 bits per heavy atom. The molecule has 0 rings (SSSR count). The van der Waals surface area contributed by atoms with Crippen molar-refractivity contribution < 1.29 is 80.2 Å². The van der Waals surface area contributed by atoms with Gasteiger partial charge < -0.3 is 33.8 Å². The summed E-state index contributed by atoms with van der Waals surface area (Å²) < 4.78 is 68.2. The van der Waals surface area contributed by atoms with Crippen LogP contribution >= 0.6 is 15.6 Å². The van der Waals surface area contributed by atoms with Gasteiger partial charge in [0.1, 0.15) is 19.3 Å². The summed E-state index contributed by atoms with van der Waals surface area (Å²) in [5.74, 6) is 0.904. The van der Waals surface area contributed by atoms with Crippen molar-refractivity contribution in [2.45, 2.75) is 356 Å². The first kappa shape index (κ1) is 86.1. The number of aliphatic hydroxyl groups excluding tert-OH is 1. The molecule has 3 N–H and O–H groups in total. The molecular formula is C69H134O17P2. The minimum absolute atomic E-state index is 0.102. The number of esters is 4. The molecule has 522 valence electrons. The highest BCUT2D eigenvalue weighted by atomic mass is 31.2. The maximum absolute atomic E-state index is 13.0. The van der Waals surface area contributed by atoms with Crippen LogP contribution in [0.3, 0.4) is 0 Å². The molecule has 8 atom stereocenters. The van der Waals surface area contributed by atoms with Crippen molar-refractivity contribution in [3.05, 3.63) is 0 Å². The third kappa shape index (κ3) is 59.1. The molecule has 6 unspecified atom stereocenters. The second-order valence-corrected chi connectivity index (χ2v) is 29.0. The van der Waals surface area contributed by atoms with Crippen LogP contribution in [0.5, 0.6) is 0 Å². The third-order valence-electron chi connectivity index (χ3n) is 16.9. The number of carbonyl (C=O) groups excluding carboxylic acids is 4. The van der Waals surface area contributed by atoms with Crippen molar-refractivity contribution in [3.63, 3.8) is 0 Å². The number of rotatable bonds is 66. The summed E-state index contributed by atoms with van der Waals surface area (Å²) in [5, 5.41) is 10.6. The first-order valence-corrected chi connectivity index (χ1v) is 38.8. The van der Waals surface area contributed by atoms with Crippen LogP contribution in [0, 0.1) is 23.7 Å². The van der Waals surface area contributed by atoms with Crippen molar-refractivity contribution >= 4 is 39.5 Å². The second-order valence-electron chi connectivity index (χ2n) is 26.1. The largest absolute Gasteiger partial charge is 0.472 e. The zero-order valence-electron chi connectivity index (χ0n) is 57.3. The molecule has 0 radical (unpaired) electrons. The quantitative estimate of drug-likeness (QED) is 0.0222. The number of carbonyl (C=O) groups is 4. The molecule has 19 heteroatoms. The van der Waals surface area contributed by atoms with Gasteiger partial charge in [0, 0.05) is 25.7 Å². The Bertz CT molecular complexity index is 1750. The Kier molecular flexibility index (Phi) is 57.6. The molecule has 0 aromatic heterocycles. The minimum atomic E-state index is -4.95. The van der Waals surface area contributed by atoms with Crippen molar-refractivity contribution in [1.82, 2.24) is 0 Å². The van der Waals surface area contributed by atoms with Crippen LogP contribution in [0.25, 0.3) is 0 Å². The van der Waals surface area contributed by atoms with Crippen LogP contribution in [0.15, 0.2) is 0 Å². The highest BCUT2D eigenvalue weighted by molar-refractivity contribution is 7.47. The highest BCUT2D eigenvalue weighted by Gasteiger charge is 2.30. The van der Waals surface area contributed by atoms with E-state index in [2.05, 4.69) is 55.4 Å². The summed E-state index contributed by atoms with van der Waals surface area (Å²) in [6, 6.07) is 0. The number of hydrogen-bond donors (Lipinski definition) is 3. The van der Waals surface area contributed by atoms with Crippen LogP contribution in [0.4, 0.5) is 0 Å². The molecule has 0 aromatic carbocycles. The first-order chi connectivity index (χ1) is 42.2. The summed E-state index contributed by atoms with van der Waals surface area (Å²) in [5.41, 5.74) is 0. The van der Waals surface area contributed by atoms with E-state index < -0.39 is 97.5 Å². The minimum Gasteiger partial charge on any atom is -0.462 e. The lowest BCUT2D eigenvalue weighted by Gasteiger charge is -2.21. The van der Waals surface area contributed by atoms with Gasteiger partial charge in [0.25, 0.3) is 0 Å². The van der Waals surface area contributed by atoms with Crippen molar-refractivity contribution in [1.29, 1.82) is 0 Å². The predicted octanol–water partition coefficient (Wildman–Crippen LogP) is 19.3. The van der Waals surface area contributed by atoms with E-state index in [0.29, 0.717) is 31.6 Å². The lowest BCUT2D eigenvalue weighted by Crippen LogP contribution is -2.30. The SMILES string of the molecule is CCC(C)CCCCCCCCCCCCC(=O)OC[C@H](COP(=O)(O)OCC(O)COP(=O)(O)OC[C@@H](COC(=O)CCCCCCCCCC(C)C)OC(=O)CCCCCCCCC(C)CC)OC(=O)CCCCCCCCCCCCC(C)CC. The van der Waals surface area contributed by atoms with Gasteiger partial charge in [-0.25, -0.2) is 9.13 Å². The third-order valence-corrected chi connectivity index (χ3v) is 18.8. The fourth-order valence-corrected chi connectivity index (χ4v) is 11.8. The summed E-state index contributed by atoms with van der Waals surface area (Å²) >= 11 is 0. The topological polar surface area (TPSA) is 237 Å². The van der Waals surface area contributed by atoms with Crippen molar-refractivity contribution in [2.75, 3.05) is 39.6 Å². The Labute approximate surface area is 537 Å². The van der Waals surface area contributed by atoms with Gasteiger partial charge in [-0.05, 0) is 49.4 Å². The first-order valence-electron chi connectivity index (χ1n) is 35.8. The Balaban J connectivity index is 5.27. The molecule has 0 aliphatic rings. The van der Waals surface area contributed by atoms with Crippen LogP contribution < -0.4 is 0 Å². The van der Waals surface area contributed by atoms with E-state index in [4.69, 9.17) is 37.0 Å². The van der Waals surface area contributed by atoms with Crippen LogP contribution in [0.1, 0.15) is 338 Å². The Hall–Kier alpha value is -1.94. The van der Waals surface area contributed by atoms with E-state index in [1.54, 1.807) is 0 Å². The fourth-order valence-electron chi connectivity index (χ4n) is 10.2. The maximum Gasteiger partial charge on any atom is 0.472 e. The molecule has 0 saturated heterocycles. The summed E-state index contributed by atoms with van der Waals surface area (Å²) in [6.07, 6.45) is 40.3. The number of ether oxygens (including phenoxy) is 4. The van der Waals surface area contributed by atoms with E-state index in [1.807, 2.05) is 0 Å². The van der Waals surface area contributed by atoms with Gasteiger partial charge in [-0.15, -0.1) is 0 Å². The van der Waals surface area contributed by atoms with E-state index in [0.717, 1.165) is 114 Å². The highest BCUT2D eigenvalue weighted by Crippen LogP contribution is 2.45. The van der Waals surface area contributed by atoms with Gasteiger partial charge in [0.05, 0.1) is 26.4 Å². The second kappa shape index (κ2) is 58.8. The summed E-state index contributed by atoms with van der Waals surface area (Å²) in [4.78, 5) is 72.5. The number of phosphoric acid groups is 2. The molecule has 0 heterocycles. The smallest absolute Gasteiger partial charge is 0.462 e. The molecular weight excluding hydrogens is 1160 g/mol. The van der Waals surface area contributed by atoms with E-state index in [-0.39, 0.29) is 25.7 Å². The number of phosphoric ester groups is 2. The zero-order valence-corrected chi connectivity index (χ0v) is 59.1. The standard InChI is InChI=1S/C69H134O17P2/c1-9-60(6)46-38-30-22-16-12-14-18-24-33-41-49-66(71)79-55-64(85-68(73)51-43-35-25-19-15-13-17-23-31-39-47-61(7)10-2)57-83-87(75,76)81-53-63(70)54-82-88(77,78)84-58-65(86-69(74)52-44-36-28-27-32-40-48-62(8)11-3)56-80-67(72)50-42-34-26-20-21-29-37-45-59(4)5/h59-65,70H,9-58H2,1-8H3,(H,75,76)(H,77,78)/t60?,61?,62?,63?,64-,65-/m1/s1. The van der Waals surface area contributed by atoms with Gasteiger partial charge in [-0.2, -0.15) is 0 Å². The lowest BCUT2D eigenvalue weighted by atomic mass is 9.99. The van der Waals surface area contributed by atoms with Crippen LogP contribution in [0.2, 0.25) is 0 Å². The molecule has 88 heavy (non-hydrogen) atoms. The molecule has 0 spiro atoms. The molecule has 0 aliphatic carbocycles. The molecule has 0 saturated carbocycles. The maximum atomic E-state index is 13.0. The van der Waals surface area contributed by atoms with Crippen molar-refractivity contribution in [2.24, 2.45) is 23.7 Å². The van der Waals surface area contributed by atoms with E-state index in [9.17, 15) is 43.2 Å². The normalized spacial score (nSPS) is 15.2. The molecule has 17 nitrogen and oxygen atoms in total. The van der Waals surface area contributed by atoms with Gasteiger partial charge in [-0.1, -0.05) is 287 Å². The Morgan fingerprint density at radius 3 is 0.807 bits per heavy atom. The molecule has 0 aromatic rings. The number of unbranched alkanes of at least 4 members (excludes halogenated alkanes) is 29. The number of aliphatic hydroxyl groups is 1. The molecule has 0 fully saturated rings.